The number of hydrogen-bond acceptors (Lipinski definition) is 2. The summed E-state index contributed by atoms with van der Waals surface area (Å²) >= 11 is 1.75. The maximum absolute atomic E-state index is 11.9. The maximum Gasteiger partial charge on any atom is 0.249 e. The molecule has 2 aromatic heterocycles. The largest absolute Gasteiger partial charge is 0.366 e. The zero-order valence-electron chi connectivity index (χ0n) is 13.5. The fraction of sp³-hybridized carbons (Fsp3) is 0.150. The molecule has 4 heteroatoms. The van der Waals surface area contributed by atoms with Gasteiger partial charge in [0.2, 0.25) is 5.91 Å². The number of fused-ring (bicyclic) bond motifs is 3. The van der Waals surface area contributed by atoms with Gasteiger partial charge in [0.15, 0.2) is 0 Å². The van der Waals surface area contributed by atoms with Crippen molar-refractivity contribution in [1.82, 2.24) is 4.57 Å². The van der Waals surface area contributed by atoms with Gasteiger partial charge in [-0.05, 0) is 41.6 Å². The number of hydrogen-bond donors (Lipinski definition) is 1. The Balaban J connectivity index is 2.09. The summed E-state index contributed by atoms with van der Waals surface area (Å²) in [5.41, 5.74) is 9.72. The normalized spacial score (nSPS) is 11.4. The first-order chi connectivity index (χ1) is 11.7. The molecule has 2 heterocycles. The molecule has 24 heavy (non-hydrogen) atoms. The Morgan fingerprint density at radius 3 is 2.71 bits per heavy atom. The van der Waals surface area contributed by atoms with Crippen molar-refractivity contribution in [3.8, 4) is 0 Å². The Labute approximate surface area is 144 Å². The number of benzene rings is 2. The van der Waals surface area contributed by atoms with Crippen molar-refractivity contribution in [3.05, 3.63) is 69.9 Å². The molecule has 0 aliphatic heterocycles. The average Bonchev–Trinajstić information content (AvgIpc) is 3.21. The van der Waals surface area contributed by atoms with E-state index >= 15 is 0 Å². The van der Waals surface area contributed by atoms with Crippen molar-refractivity contribution >= 4 is 39.0 Å². The first-order valence-corrected chi connectivity index (χ1v) is 8.93. The summed E-state index contributed by atoms with van der Waals surface area (Å²) in [7, 11) is 0. The topological polar surface area (TPSA) is 48.0 Å². The van der Waals surface area contributed by atoms with Crippen molar-refractivity contribution in [2.75, 3.05) is 0 Å². The molecule has 2 aromatic carbocycles. The van der Waals surface area contributed by atoms with Gasteiger partial charge in [-0.1, -0.05) is 31.2 Å². The van der Waals surface area contributed by atoms with Crippen LogP contribution in [0.2, 0.25) is 0 Å². The van der Waals surface area contributed by atoms with Gasteiger partial charge in [0, 0.05) is 26.7 Å². The molecule has 0 aliphatic rings. The summed E-state index contributed by atoms with van der Waals surface area (Å²) in [6.45, 7) is 2.95. The molecule has 2 N–H and O–H groups in total. The van der Waals surface area contributed by atoms with Crippen molar-refractivity contribution < 1.29 is 4.79 Å². The molecule has 0 fully saturated rings. The second kappa shape index (κ2) is 5.80. The number of carbonyl (C=O) groups is 1. The highest BCUT2D eigenvalue weighted by Crippen LogP contribution is 2.33. The molecule has 0 saturated heterocycles. The summed E-state index contributed by atoms with van der Waals surface area (Å²) in [5.74, 6) is -0.379. The zero-order valence-corrected chi connectivity index (χ0v) is 14.3. The highest BCUT2D eigenvalue weighted by atomic mass is 32.1. The van der Waals surface area contributed by atoms with Crippen LogP contribution in [-0.4, -0.2) is 10.5 Å². The van der Waals surface area contributed by atoms with Gasteiger partial charge in [-0.15, -0.1) is 11.3 Å². The number of aryl methyl sites for hydroxylation is 1. The van der Waals surface area contributed by atoms with Crippen LogP contribution in [0.4, 0.5) is 0 Å². The van der Waals surface area contributed by atoms with Crippen molar-refractivity contribution in [1.29, 1.82) is 0 Å². The predicted octanol–water partition coefficient (Wildman–Crippen LogP) is 4.57. The Morgan fingerprint density at radius 1 is 1.12 bits per heavy atom. The van der Waals surface area contributed by atoms with E-state index in [4.69, 9.17) is 5.73 Å². The monoisotopic (exact) mass is 334 g/mol. The van der Waals surface area contributed by atoms with E-state index in [9.17, 15) is 4.79 Å². The van der Waals surface area contributed by atoms with Crippen LogP contribution < -0.4 is 5.73 Å². The summed E-state index contributed by atoms with van der Waals surface area (Å²) in [6, 6.07) is 16.5. The molecule has 0 aliphatic carbocycles. The van der Waals surface area contributed by atoms with Gasteiger partial charge in [0.1, 0.15) is 0 Å². The minimum Gasteiger partial charge on any atom is -0.366 e. The summed E-state index contributed by atoms with van der Waals surface area (Å²) in [4.78, 5) is 13.2. The van der Waals surface area contributed by atoms with Gasteiger partial charge in [0.25, 0.3) is 0 Å². The molecular formula is C20H18N2OS. The average molecular weight is 334 g/mol. The molecule has 0 atom stereocenters. The lowest BCUT2D eigenvalue weighted by Crippen LogP contribution is -2.11. The van der Waals surface area contributed by atoms with Crippen LogP contribution in [0.25, 0.3) is 21.8 Å². The number of primary amides is 1. The van der Waals surface area contributed by atoms with Crippen LogP contribution in [0.1, 0.15) is 27.7 Å². The second-order valence-corrected chi connectivity index (χ2v) is 6.97. The van der Waals surface area contributed by atoms with E-state index in [1.165, 1.54) is 10.4 Å². The molecule has 0 radical (unpaired) electrons. The Hall–Kier alpha value is -2.59. The maximum atomic E-state index is 11.9. The second-order valence-electron chi connectivity index (χ2n) is 5.93. The van der Waals surface area contributed by atoms with Gasteiger partial charge < -0.3 is 10.3 Å². The van der Waals surface area contributed by atoms with Crippen LogP contribution in [0, 0.1) is 0 Å². The predicted molar refractivity (Wildman–Crippen MR) is 101 cm³/mol. The number of nitrogens with two attached hydrogens (primary N) is 1. The molecule has 0 unspecified atom stereocenters. The first-order valence-electron chi connectivity index (χ1n) is 8.05. The molecular weight excluding hydrogens is 316 g/mol. The third-order valence-electron chi connectivity index (χ3n) is 4.52. The van der Waals surface area contributed by atoms with Gasteiger partial charge >= 0.3 is 0 Å². The zero-order chi connectivity index (χ0) is 16.7. The minimum atomic E-state index is -0.379. The van der Waals surface area contributed by atoms with Crippen LogP contribution >= 0.6 is 11.3 Å². The lowest BCUT2D eigenvalue weighted by molar-refractivity contribution is 0.100. The van der Waals surface area contributed by atoms with E-state index in [1.807, 2.05) is 12.1 Å². The van der Waals surface area contributed by atoms with Crippen LogP contribution in [-0.2, 0) is 13.0 Å². The molecule has 0 bridgehead atoms. The van der Waals surface area contributed by atoms with Gasteiger partial charge in [-0.3, -0.25) is 4.79 Å². The van der Waals surface area contributed by atoms with E-state index < -0.39 is 0 Å². The number of thiophene rings is 1. The highest BCUT2D eigenvalue weighted by Gasteiger charge is 2.16. The van der Waals surface area contributed by atoms with Gasteiger partial charge in [-0.2, -0.15) is 0 Å². The molecule has 3 nitrogen and oxygen atoms in total. The van der Waals surface area contributed by atoms with E-state index in [2.05, 4.69) is 53.3 Å². The third-order valence-corrected chi connectivity index (χ3v) is 5.38. The minimum absolute atomic E-state index is 0.379. The Morgan fingerprint density at radius 2 is 2.00 bits per heavy atom. The molecule has 1 amide bonds. The van der Waals surface area contributed by atoms with Crippen molar-refractivity contribution in [2.24, 2.45) is 5.73 Å². The molecule has 4 rings (SSSR count). The standard InChI is InChI=1S/C20H18N2OS/c1-2-13-8-9-15-18(11-13)22(12-14-5-4-10-24-14)17-7-3-6-16(19(15)17)20(21)23/h3-11H,2,12H2,1H3,(H2,21,23). The van der Waals surface area contributed by atoms with Gasteiger partial charge in [-0.25, -0.2) is 0 Å². The Bertz CT molecular complexity index is 1040. The summed E-state index contributed by atoms with van der Waals surface area (Å²) in [5, 5.41) is 4.14. The summed E-state index contributed by atoms with van der Waals surface area (Å²) < 4.78 is 2.29. The lowest BCUT2D eigenvalue weighted by atomic mass is 10.0. The number of rotatable bonds is 4. The fourth-order valence-electron chi connectivity index (χ4n) is 3.34. The fourth-order valence-corrected chi connectivity index (χ4v) is 4.04. The van der Waals surface area contributed by atoms with Crippen LogP contribution in [0.15, 0.2) is 53.9 Å². The SMILES string of the molecule is CCc1ccc2c3c(C(N)=O)cccc3n(Cc3cccs3)c2c1. The lowest BCUT2D eigenvalue weighted by Gasteiger charge is -2.07. The number of amides is 1. The van der Waals surface area contributed by atoms with E-state index in [-0.39, 0.29) is 5.91 Å². The number of carbonyl (C=O) groups excluding carboxylic acids is 1. The number of aromatic nitrogens is 1. The smallest absolute Gasteiger partial charge is 0.249 e. The first kappa shape index (κ1) is 15.0. The van der Waals surface area contributed by atoms with Crippen LogP contribution in [0.3, 0.4) is 0 Å². The molecule has 0 spiro atoms. The highest BCUT2D eigenvalue weighted by molar-refractivity contribution is 7.09. The van der Waals surface area contributed by atoms with E-state index in [1.54, 1.807) is 11.3 Å². The van der Waals surface area contributed by atoms with Gasteiger partial charge in [0.05, 0.1) is 12.1 Å². The molecule has 0 saturated carbocycles. The molecule has 120 valence electrons. The number of nitrogens with zero attached hydrogens (tertiary/aromatic N) is 1. The Kier molecular flexibility index (Phi) is 3.62. The van der Waals surface area contributed by atoms with Crippen molar-refractivity contribution in [3.63, 3.8) is 0 Å². The van der Waals surface area contributed by atoms with E-state index in [0.29, 0.717) is 5.56 Å². The van der Waals surface area contributed by atoms with Crippen molar-refractivity contribution in [2.45, 2.75) is 19.9 Å². The third kappa shape index (κ3) is 2.31. The van der Waals surface area contributed by atoms with E-state index in [0.717, 1.165) is 34.8 Å². The quantitative estimate of drug-likeness (QED) is 0.584. The molecule has 4 aromatic rings. The van der Waals surface area contributed by atoms with Crippen LogP contribution in [0.5, 0.6) is 0 Å². The summed E-state index contributed by atoms with van der Waals surface area (Å²) in [6.07, 6.45) is 0.985.